The number of hydrogen-bond acceptors (Lipinski definition) is 2. The number of halogens is 2. The van der Waals surface area contributed by atoms with Gasteiger partial charge in [-0.1, -0.05) is 59.6 Å². The highest BCUT2D eigenvalue weighted by molar-refractivity contribution is 6.34. The minimum absolute atomic E-state index is 0.656. The highest BCUT2D eigenvalue weighted by Gasteiger charge is 2.17. The van der Waals surface area contributed by atoms with Crippen molar-refractivity contribution in [1.29, 1.82) is 0 Å². The monoisotopic (exact) mass is 358 g/mol. The van der Waals surface area contributed by atoms with Gasteiger partial charge in [0.05, 0.1) is 14.2 Å². The maximum absolute atomic E-state index is 6.35. The number of ether oxygens (including phenoxy) is 2. The van der Waals surface area contributed by atoms with Crippen molar-refractivity contribution in [1.82, 2.24) is 0 Å². The Hall–Kier alpha value is -2.16. The van der Waals surface area contributed by atoms with E-state index < -0.39 is 0 Å². The van der Waals surface area contributed by atoms with E-state index >= 15 is 0 Å². The molecule has 0 aliphatic heterocycles. The topological polar surface area (TPSA) is 18.5 Å². The molecule has 0 aromatic heterocycles. The molecule has 0 radical (unpaired) electrons. The average Bonchev–Trinajstić information content (AvgIpc) is 2.61. The zero-order valence-electron chi connectivity index (χ0n) is 13.3. The van der Waals surface area contributed by atoms with Crippen LogP contribution in [0, 0.1) is 0 Å². The van der Waals surface area contributed by atoms with Crippen LogP contribution in [0.3, 0.4) is 0 Å². The molecule has 0 bridgehead atoms. The summed E-state index contributed by atoms with van der Waals surface area (Å²) in [5.74, 6) is 1.41. The van der Waals surface area contributed by atoms with E-state index in [1.807, 2.05) is 60.7 Å². The molecule has 0 aliphatic rings. The van der Waals surface area contributed by atoms with E-state index in [1.165, 1.54) is 0 Å². The third-order valence-electron chi connectivity index (χ3n) is 3.85. The Labute approximate surface area is 151 Å². The first-order valence-electron chi connectivity index (χ1n) is 7.41. The van der Waals surface area contributed by atoms with Crippen LogP contribution in [-0.2, 0) is 0 Å². The lowest BCUT2D eigenvalue weighted by molar-refractivity contribution is 0.406. The summed E-state index contributed by atoms with van der Waals surface area (Å²) >= 11 is 12.7. The Bertz CT molecular complexity index is 802. The first-order chi connectivity index (χ1) is 11.7. The van der Waals surface area contributed by atoms with Gasteiger partial charge < -0.3 is 9.47 Å². The van der Waals surface area contributed by atoms with Crippen molar-refractivity contribution in [2.75, 3.05) is 14.2 Å². The number of benzene rings is 3. The third-order valence-corrected chi connectivity index (χ3v) is 4.51. The highest BCUT2D eigenvalue weighted by Crippen LogP contribution is 2.44. The predicted octanol–water partition coefficient (Wildman–Crippen LogP) is 6.34. The maximum atomic E-state index is 6.35. The van der Waals surface area contributed by atoms with Gasteiger partial charge in [-0.25, -0.2) is 0 Å². The summed E-state index contributed by atoms with van der Waals surface area (Å²) < 4.78 is 11.2. The van der Waals surface area contributed by atoms with E-state index in [-0.39, 0.29) is 0 Å². The molecule has 3 aromatic rings. The van der Waals surface area contributed by atoms with Crippen molar-refractivity contribution >= 4 is 23.2 Å². The van der Waals surface area contributed by atoms with Crippen LogP contribution < -0.4 is 9.47 Å². The van der Waals surface area contributed by atoms with E-state index in [2.05, 4.69) is 0 Å². The van der Waals surface area contributed by atoms with Crippen LogP contribution in [0.2, 0.25) is 10.0 Å². The van der Waals surface area contributed by atoms with Gasteiger partial charge in [0.1, 0.15) is 11.5 Å². The Morgan fingerprint density at radius 3 is 1.29 bits per heavy atom. The van der Waals surface area contributed by atoms with Crippen molar-refractivity contribution in [2.24, 2.45) is 0 Å². The van der Waals surface area contributed by atoms with Gasteiger partial charge in [-0.2, -0.15) is 0 Å². The number of hydrogen-bond donors (Lipinski definition) is 0. The summed E-state index contributed by atoms with van der Waals surface area (Å²) in [4.78, 5) is 0. The van der Waals surface area contributed by atoms with Crippen LogP contribution >= 0.6 is 23.2 Å². The van der Waals surface area contributed by atoms with Gasteiger partial charge in [-0.15, -0.1) is 0 Å². The summed E-state index contributed by atoms with van der Waals surface area (Å²) in [6.07, 6.45) is 0. The SMILES string of the molecule is COc1cc(-c2ccccc2Cl)c(OC)cc1-c1ccccc1Cl. The van der Waals surface area contributed by atoms with Gasteiger partial charge in [-0.3, -0.25) is 0 Å². The molecule has 24 heavy (non-hydrogen) atoms. The van der Waals surface area contributed by atoms with Gasteiger partial charge >= 0.3 is 0 Å². The van der Waals surface area contributed by atoms with Gasteiger partial charge in [0.15, 0.2) is 0 Å². The standard InChI is InChI=1S/C20H16Cl2O2/c1-23-19-11-16(14-8-4-6-10-18(14)22)20(24-2)12-15(19)13-7-3-5-9-17(13)21/h3-12H,1-2H3. The Morgan fingerprint density at radius 2 is 0.958 bits per heavy atom. The third kappa shape index (κ3) is 3.08. The molecule has 0 saturated carbocycles. The fourth-order valence-corrected chi connectivity index (χ4v) is 3.15. The zero-order valence-corrected chi connectivity index (χ0v) is 14.9. The van der Waals surface area contributed by atoms with Crippen LogP contribution in [0.25, 0.3) is 22.3 Å². The minimum Gasteiger partial charge on any atom is -0.496 e. The highest BCUT2D eigenvalue weighted by atomic mass is 35.5. The van der Waals surface area contributed by atoms with Gasteiger partial charge in [0.2, 0.25) is 0 Å². The maximum Gasteiger partial charge on any atom is 0.127 e. The molecule has 0 atom stereocenters. The van der Waals surface area contributed by atoms with Crippen LogP contribution in [0.15, 0.2) is 60.7 Å². The molecule has 3 aromatic carbocycles. The van der Waals surface area contributed by atoms with E-state index in [9.17, 15) is 0 Å². The predicted molar refractivity (Wildman–Crippen MR) is 100 cm³/mol. The van der Waals surface area contributed by atoms with Gasteiger partial charge in [0.25, 0.3) is 0 Å². The van der Waals surface area contributed by atoms with Crippen molar-refractivity contribution in [2.45, 2.75) is 0 Å². The molecular weight excluding hydrogens is 343 g/mol. The second kappa shape index (κ2) is 7.16. The Balaban J connectivity index is 2.25. The van der Waals surface area contributed by atoms with Crippen molar-refractivity contribution in [3.8, 4) is 33.8 Å². The van der Waals surface area contributed by atoms with E-state index in [0.29, 0.717) is 21.5 Å². The molecule has 122 valence electrons. The summed E-state index contributed by atoms with van der Waals surface area (Å²) in [5.41, 5.74) is 3.52. The molecule has 0 heterocycles. The fourth-order valence-electron chi connectivity index (χ4n) is 2.68. The molecule has 0 saturated heterocycles. The summed E-state index contributed by atoms with van der Waals surface area (Å²) in [7, 11) is 3.27. The normalized spacial score (nSPS) is 10.5. The average molecular weight is 359 g/mol. The van der Waals surface area contributed by atoms with E-state index in [0.717, 1.165) is 22.3 Å². The second-order valence-corrected chi connectivity index (χ2v) is 6.03. The Morgan fingerprint density at radius 1 is 0.583 bits per heavy atom. The van der Waals surface area contributed by atoms with E-state index in [4.69, 9.17) is 32.7 Å². The lowest BCUT2D eigenvalue weighted by atomic mass is 9.97. The second-order valence-electron chi connectivity index (χ2n) is 5.21. The van der Waals surface area contributed by atoms with Gasteiger partial charge in [0, 0.05) is 32.3 Å². The molecule has 3 rings (SSSR count). The van der Waals surface area contributed by atoms with Crippen LogP contribution in [0.1, 0.15) is 0 Å². The molecule has 0 spiro atoms. The lowest BCUT2D eigenvalue weighted by Gasteiger charge is -2.16. The smallest absolute Gasteiger partial charge is 0.127 e. The van der Waals surface area contributed by atoms with Gasteiger partial charge in [-0.05, 0) is 24.3 Å². The number of rotatable bonds is 4. The van der Waals surface area contributed by atoms with Crippen LogP contribution in [0.4, 0.5) is 0 Å². The zero-order chi connectivity index (χ0) is 17.1. The quantitative estimate of drug-likeness (QED) is 0.541. The largest absolute Gasteiger partial charge is 0.496 e. The molecule has 0 N–H and O–H groups in total. The summed E-state index contributed by atoms with van der Waals surface area (Å²) in [6, 6.07) is 19.1. The molecular formula is C20H16Cl2O2. The molecule has 4 heteroatoms. The minimum atomic E-state index is 0.656. The van der Waals surface area contributed by atoms with Crippen molar-refractivity contribution < 1.29 is 9.47 Å². The first-order valence-corrected chi connectivity index (χ1v) is 8.17. The molecule has 0 unspecified atom stereocenters. The van der Waals surface area contributed by atoms with Crippen LogP contribution in [-0.4, -0.2) is 14.2 Å². The Kier molecular flexibility index (Phi) is 4.98. The van der Waals surface area contributed by atoms with Crippen molar-refractivity contribution in [3.63, 3.8) is 0 Å². The van der Waals surface area contributed by atoms with Crippen molar-refractivity contribution in [3.05, 3.63) is 70.7 Å². The van der Waals surface area contributed by atoms with Crippen LogP contribution in [0.5, 0.6) is 11.5 Å². The summed E-state index contributed by atoms with van der Waals surface area (Å²) in [6.45, 7) is 0. The molecule has 2 nitrogen and oxygen atoms in total. The lowest BCUT2D eigenvalue weighted by Crippen LogP contribution is -1.94. The molecule has 0 amide bonds. The number of methoxy groups -OCH3 is 2. The summed E-state index contributed by atoms with van der Waals surface area (Å²) in [5, 5.41) is 1.31. The first kappa shape index (κ1) is 16.7. The fraction of sp³-hybridized carbons (Fsp3) is 0.100. The molecule has 0 fully saturated rings. The van der Waals surface area contributed by atoms with E-state index in [1.54, 1.807) is 14.2 Å². The molecule has 0 aliphatic carbocycles.